The number of para-hydroxylation sites is 1. The van der Waals surface area contributed by atoms with Crippen LogP contribution in [0.1, 0.15) is 11.3 Å². The SMILES string of the molecule is Cc1[nH]n(-c2ccccc2)c(=O)c1/C=N\NC(=O)CO. The summed E-state index contributed by atoms with van der Waals surface area (Å²) in [7, 11) is 0. The molecular weight excluding hydrogens is 260 g/mol. The van der Waals surface area contributed by atoms with Crippen LogP contribution in [-0.2, 0) is 4.79 Å². The van der Waals surface area contributed by atoms with E-state index in [1.807, 2.05) is 18.2 Å². The van der Waals surface area contributed by atoms with Gasteiger partial charge < -0.3 is 5.11 Å². The number of amides is 1. The molecule has 1 aromatic carbocycles. The number of hydrogen-bond acceptors (Lipinski definition) is 4. The number of aliphatic hydroxyl groups excluding tert-OH is 1. The van der Waals surface area contributed by atoms with Crippen molar-refractivity contribution in [3.8, 4) is 5.69 Å². The summed E-state index contributed by atoms with van der Waals surface area (Å²) in [5.41, 5.74) is 3.51. The normalized spacial score (nSPS) is 10.9. The molecule has 0 saturated heterocycles. The first-order valence-corrected chi connectivity index (χ1v) is 5.93. The molecule has 1 aromatic heterocycles. The topological polar surface area (TPSA) is 99.5 Å². The maximum atomic E-state index is 12.2. The van der Waals surface area contributed by atoms with Gasteiger partial charge in [0.2, 0.25) is 0 Å². The van der Waals surface area contributed by atoms with Crippen LogP contribution in [0, 0.1) is 6.92 Å². The summed E-state index contributed by atoms with van der Waals surface area (Å²) >= 11 is 0. The maximum absolute atomic E-state index is 12.2. The fraction of sp³-hybridized carbons (Fsp3) is 0.154. The zero-order chi connectivity index (χ0) is 14.5. The fourth-order valence-corrected chi connectivity index (χ4v) is 1.67. The molecule has 0 aliphatic heterocycles. The minimum atomic E-state index is -0.655. The van der Waals surface area contributed by atoms with Gasteiger partial charge in [-0.15, -0.1) is 0 Å². The van der Waals surface area contributed by atoms with Crippen molar-refractivity contribution in [2.24, 2.45) is 5.10 Å². The lowest BCUT2D eigenvalue weighted by atomic mass is 10.3. The van der Waals surface area contributed by atoms with Crippen LogP contribution in [0.4, 0.5) is 0 Å². The highest BCUT2D eigenvalue weighted by molar-refractivity contribution is 5.83. The van der Waals surface area contributed by atoms with Gasteiger partial charge >= 0.3 is 0 Å². The summed E-state index contributed by atoms with van der Waals surface area (Å²) < 4.78 is 1.39. The third kappa shape index (κ3) is 2.83. The van der Waals surface area contributed by atoms with E-state index in [1.54, 1.807) is 19.1 Å². The Bertz CT molecular complexity index is 685. The molecule has 0 radical (unpaired) electrons. The van der Waals surface area contributed by atoms with Crippen LogP contribution >= 0.6 is 0 Å². The predicted molar refractivity (Wildman–Crippen MR) is 73.9 cm³/mol. The van der Waals surface area contributed by atoms with E-state index in [2.05, 4.69) is 15.6 Å². The van der Waals surface area contributed by atoms with Gasteiger partial charge in [-0.2, -0.15) is 5.10 Å². The Balaban J connectivity index is 2.31. The molecule has 0 aliphatic carbocycles. The summed E-state index contributed by atoms with van der Waals surface area (Å²) in [4.78, 5) is 23.0. The van der Waals surface area contributed by atoms with E-state index < -0.39 is 12.5 Å². The summed E-state index contributed by atoms with van der Waals surface area (Å²) in [6.45, 7) is 1.08. The number of H-pyrrole nitrogens is 1. The van der Waals surface area contributed by atoms with Crippen molar-refractivity contribution >= 4 is 12.1 Å². The molecule has 7 heteroatoms. The minimum absolute atomic E-state index is 0.268. The van der Waals surface area contributed by atoms with Crippen LogP contribution < -0.4 is 11.0 Å². The number of nitrogens with one attached hydrogen (secondary N) is 2. The summed E-state index contributed by atoms with van der Waals surface area (Å²) in [6, 6.07) is 9.11. The molecule has 7 nitrogen and oxygen atoms in total. The molecule has 1 amide bonds. The van der Waals surface area contributed by atoms with E-state index in [0.29, 0.717) is 16.9 Å². The van der Waals surface area contributed by atoms with Crippen molar-refractivity contribution < 1.29 is 9.90 Å². The number of aryl methyl sites for hydroxylation is 1. The molecule has 0 fully saturated rings. The van der Waals surface area contributed by atoms with Crippen molar-refractivity contribution in [3.63, 3.8) is 0 Å². The van der Waals surface area contributed by atoms with Crippen molar-refractivity contribution in [2.75, 3.05) is 6.61 Å². The number of benzene rings is 1. The Hall–Kier alpha value is -2.67. The third-order valence-electron chi connectivity index (χ3n) is 2.66. The number of carbonyl (C=O) groups is 1. The van der Waals surface area contributed by atoms with E-state index in [9.17, 15) is 9.59 Å². The van der Waals surface area contributed by atoms with Crippen LogP contribution in [0.15, 0.2) is 40.2 Å². The van der Waals surface area contributed by atoms with E-state index >= 15 is 0 Å². The van der Waals surface area contributed by atoms with Gasteiger partial charge in [0.15, 0.2) is 0 Å². The van der Waals surface area contributed by atoms with Gasteiger partial charge in [-0.25, -0.2) is 10.1 Å². The average molecular weight is 274 g/mol. The van der Waals surface area contributed by atoms with Crippen LogP contribution in [0.2, 0.25) is 0 Å². The van der Waals surface area contributed by atoms with E-state index in [-0.39, 0.29) is 5.56 Å². The molecule has 2 rings (SSSR count). The Labute approximate surface area is 114 Å². The molecule has 0 bridgehead atoms. The first-order valence-electron chi connectivity index (χ1n) is 5.93. The van der Waals surface area contributed by atoms with Gasteiger partial charge in [0, 0.05) is 5.69 Å². The Morgan fingerprint density at radius 3 is 2.80 bits per heavy atom. The lowest BCUT2D eigenvalue weighted by molar-refractivity contribution is -0.123. The van der Waals surface area contributed by atoms with Gasteiger partial charge in [0.05, 0.1) is 17.5 Å². The molecule has 0 spiro atoms. The third-order valence-corrected chi connectivity index (χ3v) is 2.66. The Morgan fingerprint density at radius 2 is 2.15 bits per heavy atom. The van der Waals surface area contributed by atoms with Crippen LogP contribution in [0.3, 0.4) is 0 Å². The van der Waals surface area contributed by atoms with Gasteiger partial charge in [0.25, 0.3) is 11.5 Å². The molecule has 20 heavy (non-hydrogen) atoms. The first kappa shape index (κ1) is 13.8. The lowest BCUT2D eigenvalue weighted by Gasteiger charge is -1.99. The van der Waals surface area contributed by atoms with Crippen molar-refractivity contribution in [3.05, 3.63) is 51.9 Å². The molecule has 0 unspecified atom stereocenters. The second-order valence-electron chi connectivity index (χ2n) is 4.08. The standard InChI is InChI=1S/C13H14N4O3/c1-9-11(7-14-15-12(19)8-18)13(20)17(16-9)10-5-3-2-4-6-10/h2-7,16,18H,8H2,1H3,(H,15,19)/b14-7-. The van der Waals surface area contributed by atoms with E-state index in [4.69, 9.17) is 5.11 Å². The number of rotatable bonds is 4. The molecule has 2 aromatic rings. The van der Waals surface area contributed by atoms with Crippen LogP contribution in [0.5, 0.6) is 0 Å². The number of aromatic amines is 1. The van der Waals surface area contributed by atoms with Gasteiger partial charge in [-0.05, 0) is 19.1 Å². The van der Waals surface area contributed by atoms with Crippen LogP contribution in [-0.4, -0.2) is 33.6 Å². The van der Waals surface area contributed by atoms with Crippen molar-refractivity contribution in [1.82, 2.24) is 15.2 Å². The highest BCUT2D eigenvalue weighted by atomic mass is 16.3. The van der Waals surface area contributed by atoms with Crippen molar-refractivity contribution in [1.29, 1.82) is 0 Å². The highest BCUT2D eigenvalue weighted by Crippen LogP contribution is 2.05. The Morgan fingerprint density at radius 1 is 1.45 bits per heavy atom. The van der Waals surface area contributed by atoms with Crippen molar-refractivity contribution in [2.45, 2.75) is 6.92 Å². The summed E-state index contributed by atoms with van der Waals surface area (Å²) in [5.74, 6) is -0.641. The maximum Gasteiger partial charge on any atom is 0.280 e. The lowest BCUT2D eigenvalue weighted by Crippen LogP contribution is -2.22. The number of nitrogens with zero attached hydrogens (tertiary/aromatic N) is 2. The molecule has 1 heterocycles. The summed E-state index contributed by atoms with van der Waals surface area (Å²) in [5, 5.41) is 15.1. The Kier molecular flexibility index (Phi) is 4.11. The average Bonchev–Trinajstić information content (AvgIpc) is 2.75. The molecule has 0 atom stereocenters. The second kappa shape index (κ2) is 5.98. The van der Waals surface area contributed by atoms with E-state index in [0.717, 1.165) is 0 Å². The largest absolute Gasteiger partial charge is 0.386 e. The number of aromatic nitrogens is 2. The molecule has 0 saturated carbocycles. The zero-order valence-electron chi connectivity index (χ0n) is 10.8. The number of carbonyl (C=O) groups excluding carboxylic acids is 1. The molecule has 3 N–H and O–H groups in total. The van der Waals surface area contributed by atoms with Crippen LogP contribution in [0.25, 0.3) is 5.69 Å². The second-order valence-corrected chi connectivity index (χ2v) is 4.08. The quantitative estimate of drug-likeness (QED) is 0.537. The number of hydrazone groups is 1. The number of hydrogen-bond donors (Lipinski definition) is 3. The smallest absolute Gasteiger partial charge is 0.280 e. The van der Waals surface area contributed by atoms with Gasteiger partial charge in [0.1, 0.15) is 6.61 Å². The van der Waals surface area contributed by atoms with Gasteiger partial charge in [-0.1, -0.05) is 18.2 Å². The highest BCUT2D eigenvalue weighted by Gasteiger charge is 2.10. The molecular formula is C13H14N4O3. The fourth-order valence-electron chi connectivity index (χ4n) is 1.67. The van der Waals surface area contributed by atoms with E-state index in [1.165, 1.54) is 10.9 Å². The molecule has 0 aliphatic rings. The molecule has 104 valence electrons. The van der Waals surface area contributed by atoms with Gasteiger partial charge in [-0.3, -0.25) is 14.7 Å². The zero-order valence-corrected chi connectivity index (χ0v) is 10.8. The monoisotopic (exact) mass is 274 g/mol. The number of aliphatic hydroxyl groups is 1. The minimum Gasteiger partial charge on any atom is -0.386 e. The first-order chi connectivity index (χ1) is 9.63. The predicted octanol–water partition coefficient (Wildman–Crippen LogP) is -0.0836. The summed E-state index contributed by atoms with van der Waals surface area (Å²) in [6.07, 6.45) is 1.25.